The van der Waals surface area contributed by atoms with E-state index < -0.39 is 7.82 Å². The van der Waals surface area contributed by atoms with Crippen LogP contribution < -0.4 is 6.15 Å². The predicted octanol–water partition coefficient (Wildman–Crippen LogP) is 4.58. The Hall–Kier alpha value is -0.0100. The van der Waals surface area contributed by atoms with Crippen molar-refractivity contribution in [2.45, 2.75) is 84.0 Å². The Morgan fingerprint density at radius 3 is 1.73 bits per heavy atom. The molecule has 0 aromatic carbocycles. The van der Waals surface area contributed by atoms with Gasteiger partial charge in [-0.1, -0.05) is 64.7 Å². The monoisotopic (exact) mass is 399 g/mol. The molecule has 0 aromatic rings. The molecule has 0 aliphatic rings. The van der Waals surface area contributed by atoms with Crippen molar-refractivity contribution in [3.05, 3.63) is 0 Å². The first-order valence-corrected chi connectivity index (χ1v) is 11.4. The molecule has 0 aliphatic heterocycles. The van der Waals surface area contributed by atoms with Crippen molar-refractivity contribution in [2.75, 3.05) is 26.4 Å². The topological polar surface area (TPSA) is 131 Å². The molecular formula is C18H42NO6P. The molecular weight excluding hydrogens is 357 g/mol. The van der Waals surface area contributed by atoms with Crippen molar-refractivity contribution in [3.63, 3.8) is 0 Å². The molecule has 26 heavy (non-hydrogen) atoms. The summed E-state index contributed by atoms with van der Waals surface area (Å²) in [6.45, 7) is 2.37. The van der Waals surface area contributed by atoms with E-state index >= 15 is 0 Å². The molecule has 0 heterocycles. The van der Waals surface area contributed by atoms with E-state index in [9.17, 15) is 9.46 Å². The first-order chi connectivity index (χ1) is 12.1. The van der Waals surface area contributed by atoms with Crippen molar-refractivity contribution in [1.82, 2.24) is 6.15 Å². The molecule has 0 saturated carbocycles. The Morgan fingerprint density at radius 2 is 1.27 bits per heavy atom. The molecule has 0 radical (unpaired) electrons. The Kier molecular flexibility index (Phi) is 21.4. The molecule has 0 bridgehead atoms. The van der Waals surface area contributed by atoms with Gasteiger partial charge in [0.15, 0.2) is 0 Å². The average molecular weight is 400 g/mol. The minimum Gasteiger partial charge on any atom is -0.396 e. The average Bonchev–Trinajstić information content (AvgIpc) is 2.58. The highest BCUT2D eigenvalue weighted by Crippen LogP contribution is 2.44. The molecule has 0 rings (SSSR count). The largest absolute Gasteiger partial charge is 0.472 e. The van der Waals surface area contributed by atoms with Crippen LogP contribution in [-0.4, -0.2) is 41.5 Å². The summed E-state index contributed by atoms with van der Waals surface area (Å²) in [5.74, 6) is -0.142. The number of phosphoric acid groups is 1. The van der Waals surface area contributed by atoms with Gasteiger partial charge in [0.1, 0.15) is 0 Å². The number of hydrogen-bond acceptors (Lipinski definition) is 6. The molecule has 0 saturated heterocycles. The third kappa shape index (κ3) is 18.8. The van der Waals surface area contributed by atoms with E-state index in [0.29, 0.717) is 12.8 Å². The third-order valence-electron chi connectivity index (χ3n) is 4.30. The van der Waals surface area contributed by atoms with Crippen LogP contribution in [0.5, 0.6) is 0 Å². The van der Waals surface area contributed by atoms with Gasteiger partial charge in [0.05, 0.1) is 13.2 Å². The first kappa shape index (κ1) is 28.2. The zero-order chi connectivity index (χ0) is 18.8. The lowest BCUT2D eigenvalue weighted by atomic mass is 10.0. The van der Waals surface area contributed by atoms with E-state index in [0.717, 1.165) is 19.3 Å². The standard InChI is InChI=1S/C18H39O6P.H3N/c1-2-3-4-5-6-7-8-9-10-11-16-23-25(21,22)24-17-18(12-14-19)13-15-20;/h18-20H,2-17H2,1H3,(H,21,22);1H3. The zero-order valence-corrected chi connectivity index (χ0v) is 17.5. The molecule has 1 unspecified atom stereocenters. The molecule has 1 atom stereocenters. The number of aliphatic hydroxyl groups excluding tert-OH is 2. The number of aliphatic hydroxyl groups is 2. The van der Waals surface area contributed by atoms with Crippen molar-refractivity contribution in [2.24, 2.45) is 5.92 Å². The fraction of sp³-hybridized carbons (Fsp3) is 1.00. The van der Waals surface area contributed by atoms with Crippen molar-refractivity contribution < 1.29 is 28.7 Å². The van der Waals surface area contributed by atoms with Gasteiger partial charge in [0.25, 0.3) is 0 Å². The second-order valence-electron chi connectivity index (χ2n) is 6.67. The van der Waals surface area contributed by atoms with Crippen LogP contribution in [0.25, 0.3) is 0 Å². The smallest absolute Gasteiger partial charge is 0.396 e. The minimum absolute atomic E-state index is 0. The highest BCUT2D eigenvalue weighted by Gasteiger charge is 2.22. The maximum absolute atomic E-state index is 11.8. The molecule has 0 spiro atoms. The molecule has 0 amide bonds. The van der Waals surface area contributed by atoms with E-state index in [-0.39, 0.29) is 38.5 Å². The summed E-state index contributed by atoms with van der Waals surface area (Å²) in [6, 6.07) is 0. The van der Waals surface area contributed by atoms with E-state index in [4.69, 9.17) is 19.3 Å². The van der Waals surface area contributed by atoms with Crippen molar-refractivity contribution >= 4 is 7.82 Å². The van der Waals surface area contributed by atoms with Gasteiger partial charge in [-0.3, -0.25) is 9.05 Å². The Balaban J connectivity index is 0. The summed E-state index contributed by atoms with van der Waals surface area (Å²) in [5, 5.41) is 17.8. The van der Waals surface area contributed by atoms with Crippen LogP contribution in [-0.2, 0) is 13.6 Å². The van der Waals surface area contributed by atoms with E-state index in [1.807, 2.05) is 0 Å². The van der Waals surface area contributed by atoms with Gasteiger partial charge in [-0.25, -0.2) is 4.57 Å². The van der Waals surface area contributed by atoms with Gasteiger partial charge in [0, 0.05) is 13.2 Å². The Morgan fingerprint density at radius 1 is 0.808 bits per heavy atom. The number of unbranched alkanes of at least 4 members (excludes halogenated alkanes) is 9. The van der Waals surface area contributed by atoms with Gasteiger partial charge in [-0.15, -0.1) is 0 Å². The van der Waals surface area contributed by atoms with Crippen LogP contribution in [0.1, 0.15) is 84.0 Å². The Bertz CT molecular complexity index is 327. The van der Waals surface area contributed by atoms with Gasteiger partial charge < -0.3 is 21.3 Å². The van der Waals surface area contributed by atoms with Gasteiger partial charge in [-0.2, -0.15) is 0 Å². The summed E-state index contributed by atoms with van der Waals surface area (Å²) in [4.78, 5) is 9.63. The van der Waals surface area contributed by atoms with E-state index in [2.05, 4.69) is 6.92 Å². The normalized spacial score (nSPS) is 13.6. The van der Waals surface area contributed by atoms with Crippen LogP contribution in [0, 0.1) is 5.92 Å². The number of phosphoric ester groups is 1. The predicted molar refractivity (Wildman–Crippen MR) is 105 cm³/mol. The van der Waals surface area contributed by atoms with Crippen LogP contribution in [0.4, 0.5) is 0 Å². The van der Waals surface area contributed by atoms with E-state index in [1.165, 1.54) is 44.9 Å². The van der Waals surface area contributed by atoms with E-state index in [1.54, 1.807) is 0 Å². The SMILES string of the molecule is CCCCCCCCCCCCOP(=O)(O)OCC(CCO)CCO.N. The molecule has 0 aliphatic carbocycles. The molecule has 160 valence electrons. The minimum atomic E-state index is -4.03. The lowest BCUT2D eigenvalue weighted by Gasteiger charge is -2.17. The molecule has 7 nitrogen and oxygen atoms in total. The van der Waals surface area contributed by atoms with Gasteiger partial charge >= 0.3 is 7.82 Å². The summed E-state index contributed by atoms with van der Waals surface area (Å²) >= 11 is 0. The highest BCUT2D eigenvalue weighted by molar-refractivity contribution is 7.47. The fourth-order valence-electron chi connectivity index (χ4n) is 2.68. The molecule has 0 aromatic heterocycles. The summed E-state index contributed by atoms with van der Waals surface area (Å²) in [7, 11) is -4.03. The quantitative estimate of drug-likeness (QED) is 0.185. The van der Waals surface area contributed by atoms with Crippen LogP contribution in [0.2, 0.25) is 0 Å². The van der Waals surface area contributed by atoms with Crippen LogP contribution in [0.15, 0.2) is 0 Å². The highest BCUT2D eigenvalue weighted by atomic mass is 31.2. The van der Waals surface area contributed by atoms with Crippen LogP contribution in [0.3, 0.4) is 0 Å². The van der Waals surface area contributed by atoms with Crippen molar-refractivity contribution in [1.29, 1.82) is 0 Å². The van der Waals surface area contributed by atoms with Gasteiger partial charge in [0.2, 0.25) is 0 Å². The number of hydrogen-bond donors (Lipinski definition) is 4. The lowest BCUT2D eigenvalue weighted by molar-refractivity contribution is 0.109. The Labute approximate surface area is 159 Å². The second-order valence-corrected chi connectivity index (χ2v) is 8.12. The first-order valence-electron chi connectivity index (χ1n) is 9.89. The summed E-state index contributed by atoms with van der Waals surface area (Å²) in [6.07, 6.45) is 12.8. The second kappa shape index (κ2) is 19.7. The molecule has 6 N–H and O–H groups in total. The fourth-order valence-corrected chi connectivity index (χ4v) is 3.52. The lowest BCUT2D eigenvalue weighted by Crippen LogP contribution is -2.13. The molecule has 0 fully saturated rings. The maximum atomic E-state index is 11.8. The summed E-state index contributed by atoms with van der Waals surface area (Å²) in [5.41, 5.74) is 0. The van der Waals surface area contributed by atoms with Gasteiger partial charge in [-0.05, 0) is 25.2 Å². The maximum Gasteiger partial charge on any atom is 0.472 e. The number of rotatable bonds is 19. The van der Waals surface area contributed by atoms with Crippen molar-refractivity contribution in [3.8, 4) is 0 Å². The van der Waals surface area contributed by atoms with Crippen LogP contribution >= 0.6 is 7.82 Å². The third-order valence-corrected chi connectivity index (χ3v) is 5.28. The molecule has 8 heteroatoms. The zero-order valence-electron chi connectivity index (χ0n) is 16.6. The summed E-state index contributed by atoms with van der Waals surface area (Å²) < 4.78 is 21.7.